The monoisotopic (exact) mass is 532 g/mol. The van der Waals surface area contributed by atoms with Crippen molar-refractivity contribution in [3.63, 3.8) is 0 Å². The van der Waals surface area contributed by atoms with E-state index < -0.39 is 17.4 Å². The Morgan fingerprint density at radius 1 is 1.06 bits per heavy atom. The number of esters is 1. The van der Waals surface area contributed by atoms with E-state index in [1.165, 1.54) is 0 Å². The van der Waals surface area contributed by atoms with Gasteiger partial charge in [-0.05, 0) is 71.6 Å². The van der Waals surface area contributed by atoms with Crippen molar-refractivity contribution in [1.82, 2.24) is 10.3 Å². The van der Waals surface area contributed by atoms with Gasteiger partial charge in [0.2, 0.25) is 5.88 Å². The smallest absolute Gasteiger partial charge is 0.331 e. The number of nitrogens with zero attached hydrogens (tertiary/aromatic N) is 1. The molecule has 1 aliphatic carbocycles. The maximum atomic E-state index is 12.9. The first-order chi connectivity index (χ1) is 16.4. The predicted molar refractivity (Wildman–Crippen MR) is 133 cm³/mol. The van der Waals surface area contributed by atoms with Crippen LogP contribution in [-0.4, -0.2) is 42.2 Å². The van der Waals surface area contributed by atoms with Gasteiger partial charge in [0.25, 0.3) is 5.91 Å². The van der Waals surface area contributed by atoms with E-state index in [4.69, 9.17) is 14.2 Å². The zero-order chi connectivity index (χ0) is 24.6. The van der Waals surface area contributed by atoms with E-state index in [1.54, 1.807) is 19.1 Å². The summed E-state index contributed by atoms with van der Waals surface area (Å²) in [6.07, 6.45) is 1.88. The second-order valence-corrected chi connectivity index (χ2v) is 9.37. The van der Waals surface area contributed by atoms with Gasteiger partial charge in [0.15, 0.2) is 0 Å². The molecule has 1 saturated carbocycles. The summed E-state index contributed by atoms with van der Waals surface area (Å²) in [6, 6.07) is 13.4. The zero-order valence-corrected chi connectivity index (χ0v) is 21.6. The highest BCUT2D eigenvalue weighted by molar-refractivity contribution is 9.10. The fraction of sp³-hybridized carbons (Fsp3) is 0.500. The minimum Gasteiger partial charge on any atom is -0.477 e. The van der Waals surface area contributed by atoms with Crippen molar-refractivity contribution in [2.24, 2.45) is 11.8 Å². The summed E-state index contributed by atoms with van der Waals surface area (Å²) in [5.41, 5.74) is 0.272. The maximum absolute atomic E-state index is 12.9. The van der Waals surface area contributed by atoms with Gasteiger partial charge >= 0.3 is 5.97 Å². The fourth-order valence-electron chi connectivity index (χ4n) is 3.78. The average molecular weight is 533 g/mol. The number of ether oxygens (including phenoxy) is 3. The van der Waals surface area contributed by atoms with Crippen LogP contribution in [0.15, 0.2) is 46.9 Å². The van der Waals surface area contributed by atoms with Crippen molar-refractivity contribution in [3.8, 4) is 5.88 Å². The van der Waals surface area contributed by atoms with Gasteiger partial charge in [-0.2, -0.15) is 0 Å². The van der Waals surface area contributed by atoms with Crippen LogP contribution < -0.4 is 10.1 Å². The molecule has 7 nitrogen and oxygen atoms in total. The number of rotatable bonds is 13. The van der Waals surface area contributed by atoms with Crippen LogP contribution in [0.25, 0.3) is 0 Å². The molecule has 8 heteroatoms. The Morgan fingerprint density at radius 3 is 2.44 bits per heavy atom. The van der Waals surface area contributed by atoms with E-state index in [-0.39, 0.29) is 12.3 Å². The zero-order valence-electron chi connectivity index (χ0n) is 20.0. The van der Waals surface area contributed by atoms with Crippen molar-refractivity contribution < 1.29 is 23.8 Å². The van der Waals surface area contributed by atoms with Gasteiger partial charge < -0.3 is 19.5 Å². The van der Waals surface area contributed by atoms with Crippen LogP contribution in [0.3, 0.4) is 0 Å². The summed E-state index contributed by atoms with van der Waals surface area (Å²) in [6.45, 7) is 7.51. The Morgan fingerprint density at radius 2 is 1.76 bits per heavy atom. The van der Waals surface area contributed by atoms with Crippen LogP contribution in [0.2, 0.25) is 0 Å². The van der Waals surface area contributed by atoms with Crippen LogP contribution in [0.5, 0.6) is 5.88 Å². The first-order valence-electron chi connectivity index (χ1n) is 11.8. The molecule has 0 bridgehead atoms. The Kier molecular flexibility index (Phi) is 9.47. The predicted octanol–water partition coefficient (Wildman–Crippen LogP) is 4.93. The van der Waals surface area contributed by atoms with E-state index >= 15 is 0 Å². The maximum Gasteiger partial charge on any atom is 0.331 e. The van der Waals surface area contributed by atoms with Crippen molar-refractivity contribution in [3.05, 3.63) is 58.2 Å². The SMILES string of the molecule is CCOC(=O)C(CC)(CC)NC(=O)c1ccc(Br)c(OC[C@H]2C[C@@H]2COCc2ccccc2)n1. The van der Waals surface area contributed by atoms with Gasteiger partial charge in [0, 0.05) is 0 Å². The molecule has 3 rings (SSSR count). The normalized spacial score (nSPS) is 17.2. The van der Waals surface area contributed by atoms with Crippen molar-refractivity contribution >= 4 is 27.8 Å². The second-order valence-electron chi connectivity index (χ2n) is 8.51. The van der Waals surface area contributed by atoms with Crippen LogP contribution in [0, 0.1) is 11.8 Å². The molecule has 184 valence electrons. The molecule has 1 aliphatic rings. The number of halogens is 1. The first kappa shape index (κ1) is 26.2. The molecule has 0 saturated heterocycles. The summed E-state index contributed by atoms with van der Waals surface area (Å²) >= 11 is 3.45. The number of nitrogens with one attached hydrogen (secondary N) is 1. The lowest BCUT2D eigenvalue weighted by molar-refractivity contribution is -0.151. The molecule has 0 unspecified atom stereocenters. The molecule has 1 heterocycles. The van der Waals surface area contributed by atoms with Crippen LogP contribution in [0.1, 0.15) is 56.1 Å². The molecule has 1 N–H and O–H groups in total. The average Bonchev–Trinajstić information content (AvgIpc) is 3.60. The topological polar surface area (TPSA) is 86.8 Å². The Labute approximate surface area is 209 Å². The van der Waals surface area contributed by atoms with Gasteiger partial charge in [-0.1, -0.05) is 44.2 Å². The summed E-state index contributed by atoms with van der Waals surface area (Å²) < 4.78 is 17.6. The number of carbonyl (C=O) groups excluding carboxylic acids is 2. The number of hydrogen-bond acceptors (Lipinski definition) is 6. The Balaban J connectivity index is 1.52. The lowest BCUT2D eigenvalue weighted by Crippen LogP contribution is -2.54. The summed E-state index contributed by atoms with van der Waals surface area (Å²) in [5, 5.41) is 2.83. The second kappa shape index (κ2) is 12.3. The van der Waals surface area contributed by atoms with Crippen molar-refractivity contribution in [2.45, 2.75) is 52.2 Å². The number of carbonyl (C=O) groups is 2. The van der Waals surface area contributed by atoms with Crippen molar-refractivity contribution in [2.75, 3.05) is 19.8 Å². The van der Waals surface area contributed by atoms with Gasteiger partial charge in [-0.3, -0.25) is 4.79 Å². The molecule has 0 spiro atoms. The van der Waals surface area contributed by atoms with E-state index in [0.29, 0.717) is 54.9 Å². The van der Waals surface area contributed by atoms with Crippen molar-refractivity contribution in [1.29, 1.82) is 0 Å². The fourth-order valence-corrected chi connectivity index (χ4v) is 4.11. The number of amides is 1. The molecular formula is C26H33BrN2O5. The number of pyridine rings is 1. The van der Waals surface area contributed by atoms with Gasteiger partial charge in [0.05, 0.1) is 30.9 Å². The third-order valence-corrected chi connectivity index (χ3v) is 6.82. The van der Waals surface area contributed by atoms with Gasteiger partial charge in [0.1, 0.15) is 11.2 Å². The minimum atomic E-state index is -1.08. The molecule has 1 amide bonds. The van der Waals surface area contributed by atoms with E-state index in [0.717, 1.165) is 12.0 Å². The Hall–Kier alpha value is -2.45. The van der Waals surface area contributed by atoms with Crippen LogP contribution in [0.4, 0.5) is 0 Å². The summed E-state index contributed by atoms with van der Waals surface area (Å²) in [7, 11) is 0. The molecule has 0 radical (unpaired) electrons. The molecule has 0 aliphatic heterocycles. The summed E-state index contributed by atoms with van der Waals surface area (Å²) in [4.78, 5) is 29.8. The molecule has 2 atom stereocenters. The number of aromatic nitrogens is 1. The molecule has 1 fully saturated rings. The minimum absolute atomic E-state index is 0.187. The third kappa shape index (κ3) is 6.79. The highest BCUT2D eigenvalue weighted by atomic mass is 79.9. The van der Waals surface area contributed by atoms with Gasteiger partial charge in [-0.25, -0.2) is 9.78 Å². The standard InChI is InChI=1S/C26H33BrN2O5/c1-4-26(5-2,25(31)33-6-3)29-23(30)22-13-12-21(27)24(28-22)34-17-20-14-19(20)16-32-15-18-10-8-7-9-11-18/h7-13,19-20H,4-6,14-17H2,1-3H3,(H,29,30)/t19-,20-/m1/s1. The molecule has 1 aromatic carbocycles. The third-order valence-electron chi connectivity index (χ3n) is 6.22. The number of hydrogen-bond donors (Lipinski definition) is 1. The first-order valence-corrected chi connectivity index (χ1v) is 12.6. The van der Waals surface area contributed by atoms with Crippen LogP contribution >= 0.6 is 15.9 Å². The highest BCUT2D eigenvalue weighted by Gasteiger charge is 2.39. The van der Waals surface area contributed by atoms with E-state index in [9.17, 15) is 9.59 Å². The highest BCUT2D eigenvalue weighted by Crippen LogP contribution is 2.39. The van der Waals surface area contributed by atoms with E-state index in [1.807, 2.05) is 32.0 Å². The molecule has 2 aromatic rings. The lowest BCUT2D eigenvalue weighted by Gasteiger charge is -2.30. The largest absolute Gasteiger partial charge is 0.477 e. The number of benzene rings is 1. The lowest BCUT2D eigenvalue weighted by atomic mass is 9.92. The quantitative estimate of drug-likeness (QED) is 0.368. The molecule has 1 aromatic heterocycles. The molecular weight excluding hydrogens is 500 g/mol. The van der Waals surface area contributed by atoms with Gasteiger partial charge in [-0.15, -0.1) is 0 Å². The molecule has 34 heavy (non-hydrogen) atoms. The summed E-state index contributed by atoms with van der Waals surface area (Å²) in [5.74, 6) is 0.356. The van der Waals surface area contributed by atoms with E-state index in [2.05, 4.69) is 38.4 Å². The Bertz CT molecular complexity index is 965. The van der Waals surface area contributed by atoms with Crippen LogP contribution in [-0.2, 0) is 20.9 Å².